The number of esters is 1. The second kappa shape index (κ2) is 6.04. The molecule has 0 spiro atoms. The number of carbonyl (C=O) groups excluding carboxylic acids is 1. The summed E-state index contributed by atoms with van der Waals surface area (Å²) in [4.78, 5) is 15.9. The Labute approximate surface area is 118 Å². The molecule has 5 heteroatoms. The predicted molar refractivity (Wildman–Crippen MR) is 76.3 cm³/mol. The molecule has 100 valence electrons. The van der Waals surface area contributed by atoms with Gasteiger partial charge < -0.3 is 0 Å². The van der Waals surface area contributed by atoms with Gasteiger partial charge in [0, 0.05) is 0 Å². The number of aryl methyl sites for hydroxylation is 2. The first-order valence-corrected chi connectivity index (χ1v) is 7.92. The molecular weight excluding hydrogens is 307 g/mol. The minimum absolute atomic E-state index is 0.0524. The SMILES string of the molecule is CCOC(=O)c1nc[se]c1Nc1c(C)cccc1C. The predicted octanol–water partition coefficient (Wildman–Crippen LogP) is 2.68. The number of rotatable bonds is 4. The van der Waals surface area contributed by atoms with E-state index < -0.39 is 0 Å². The molecule has 2 rings (SSSR count). The van der Waals surface area contributed by atoms with E-state index in [1.54, 1.807) is 12.0 Å². The van der Waals surface area contributed by atoms with Crippen LogP contribution in [0.1, 0.15) is 28.5 Å². The summed E-state index contributed by atoms with van der Waals surface area (Å²) in [5, 5.41) is 5.14. The Balaban J connectivity index is 2.30. The number of nitrogens with one attached hydrogen (secondary N) is 1. The normalized spacial score (nSPS) is 10.3. The number of para-hydroxylation sites is 1. The van der Waals surface area contributed by atoms with E-state index in [0.717, 1.165) is 21.4 Å². The molecule has 19 heavy (non-hydrogen) atoms. The summed E-state index contributed by atoms with van der Waals surface area (Å²) in [5.41, 5.74) is 3.76. The molecule has 0 amide bonds. The zero-order valence-corrected chi connectivity index (χ0v) is 12.9. The van der Waals surface area contributed by atoms with Crippen molar-refractivity contribution in [3.8, 4) is 0 Å². The van der Waals surface area contributed by atoms with Crippen molar-refractivity contribution in [2.24, 2.45) is 0 Å². The number of hydrogen-bond donors (Lipinski definition) is 1. The number of carbonyl (C=O) groups is 1. The number of ether oxygens (including phenoxy) is 1. The Kier molecular flexibility index (Phi) is 4.40. The molecule has 0 saturated carbocycles. The summed E-state index contributed by atoms with van der Waals surface area (Å²) >= 11 is 0.0524. The van der Waals surface area contributed by atoms with Crippen LogP contribution in [0.3, 0.4) is 0 Å². The molecule has 0 aliphatic heterocycles. The molecule has 2 aromatic rings. The fourth-order valence-electron chi connectivity index (χ4n) is 1.80. The fourth-order valence-corrected chi connectivity index (χ4v) is 3.22. The van der Waals surface area contributed by atoms with E-state index in [2.05, 4.69) is 10.3 Å². The number of aromatic nitrogens is 1. The average Bonchev–Trinajstić information content (AvgIpc) is 2.82. The molecule has 1 aromatic heterocycles. The third kappa shape index (κ3) is 3.06. The Morgan fingerprint density at radius 2 is 2.05 bits per heavy atom. The average molecular weight is 323 g/mol. The Hall–Kier alpha value is -1.58. The van der Waals surface area contributed by atoms with Crippen LogP contribution in [0.5, 0.6) is 0 Å². The van der Waals surface area contributed by atoms with E-state index in [0.29, 0.717) is 12.3 Å². The molecule has 0 aliphatic rings. The fraction of sp³-hybridized carbons (Fsp3) is 0.286. The Morgan fingerprint density at radius 3 is 2.68 bits per heavy atom. The van der Waals surface area contributed by atoms with Crippen molar-refractivity contribution in [3.05, 3.63) is 40.1 Å². The van der Waals surface area contributed by atoms with Crippen LogP contribution in [0.4, 0.5) is 10.2 Å². The first kappa shape index (κ1) is 13.8. The van der Waals surface area contributed by atoms with Gasteiger partial charge >= 0.3 is 118 Å². The van der Waals surface area contributed by atoms with E-state index in [9.17, 15) is 4.79 Å². The van der Waals surface area contributed by atoms with Gasteiger partial charge in [-0.3, -0.25) is 0 Å². The van der Waals surface area contributed by atoms with Gasteiger partial charge in [-0.1, -0.05) is 0 Å². The Bertz CT molecular complexity index is 573. The second-order valence-electron chi connectivity index (χ2n) is 4.14. The van der Waals surface area contributed by atoms with Gasteiger partial charge in [-0.15, -0.1) is 0 Å². The van der Waals surface area contributed by atoms with Crippen molar-refractivity contribution in [1.29, 1.82) is 0 Å². The van der Waals surface area contributed by atoms with E-state index in [-0.39, 0.29) is 20.5 Å². The van der Waals surface area contributed by atoms with Crippen molar-refractivity contribution >= 4 is 30.7 Å². The van der Waals surface area contributed by atoms with Crippen LogP contribution in [0, 0.1) is 13.8 Å². The summed E-state index contributed by atoms with van der Waals surface area (Å²) in [5.74, 6) is -0.355. The minimum atomic E-state index is -0.355. The molecule has 1 N–H and O–H groups in total. The van der Waals surface area contributed by atoms with Crippen molar-refractivity contribution < 1.29 is 9.53 Å². The zero-order chi connectivity index (χ0) is 13.8. The van der Waals surface area contributed by atoms with Crippen LogP contribution in [-0.4, -0.2) is 32.1 Å². The third-order valence-corrected chi connectivity index (χ3v) is 4.31. The summed E-state index contributed by atoms with van der Waals surface area (Å²) in [6, 6.07) is 6.11. The topological polar surface area (TPSA) is 51.2 Å². The molecule has 0 radical (unpaired) electrons. The molecule has 0 fully saturated rings. The van der Waals surface area contributed by atoms with E-state index in [4.69, 9.17) is 4.74 Å². The molecule has 0 unspecified atom stereocenters. The molecule has 0 saturated heterocycles. The monoisotopic (exact) mass is 324 g/mol. The van der Waals surface area contributed by atoms with Crippen molar-refractivity contribution in [3.63, 3.8) is 0 Å². The maximum absolute atomic E-state index is 11.8. The van der Waals surface area contributed by atoms with E-state index in [1.165, 1.54) is 0 Å². The van der Waals surface area contributed by atoms with Crippen molar-refractivity contribution in [1.82, 2.24) is 4.98 Å². The van der Waals surface area contributed by atoms with Gasteiger partial charge in [0.15, 0.2) is 0 Å². The number of hydrogen-bond acceptors (Lipinski definition) is 4. The quantitative estimate of drug-likeness (QED) is 0.694. The summed E-state index contributed by atoms with van der Waals surface area (Å²) in [6.45, 7) is 6.24. The third-order valence-electron chi connectivity index (χ3n) is 2.76. The molecular formula is C14H16N2O2Se. The van der Waals surface area contributed by atoms with E-state index >= 15 is 0 Å². The zero-order valence-electron chi connectivity index (χ0n) is 11.2. The maximum atomic E-state index is 11.8. The summed E-state index contributed by atoms with van der Waals surface area (Å²) in [6.07, 6.45) is 0. The molecule has 0 bridgehead atoms. The van der Waals surface area contributed by atoms with Crippen molar-refractivity contribution in [2.75, 3.05) is 11.9 Å². The molecule has 0 atom stereocenters. The standard InChI is InChI=1S/C14H16N2O2Se/c1-4-18-14(17)12-13(19-8-15-12)16-11-9(2)6-5-7-10(11)3/h5-8,16H,4H2,1-3H3. The van der Waals surface area contributed by atoms with Crippen LogP contribution in [-0.2, 0) is 4.74 Å². The summed E-state index contributed by atoms with van der Waals surface area (Å²) < 4.78 is 5.88. The van der Waals surface area contributed by atoms with Crippen LogP contribution >= 0.6 is 0 Å². The second-order valence-corrected chi connectivity index (χ2v) is 5.94. The number of anilines is 2. The first-order chi connectivity index (χ1) is 9.13. The van der Waals surface area contributed by atoms with Gasteiger partial charge in [0.1, 0.15) is 0 Å². The molecule has 4 nitrogen and oxygen atoms in total. The van der Waals surface area contributed by atoms with Gasteiger partial charge in [-0.05, 0) is 0 Å². The van der Waals surface area contributed by atoms with Gasteiger partial charge in [-0.2, -0.15) is 0 Å². The number of benzene rings is 1. The number of nitrogens with zero attached hydrogens (tertiary/aromatic N) is 1. The van der Waals surface area contributed by atoms with Gasteiger partial charge in [0.05, 0.1) is 0 Å². The van der Waals surface area contributed by atoms with Crippen molar-refractivity contribution in [2.45, 2.75) is 20.8 Å². The van der Waals surface area contributed by atoms with Crippen LogP contribution in [0.2, 0.25) is 0 Å². The van der Waals surface area contributed by atoms with Crippen LogP contribution in [0.25, 0.3) is 0 Å². The Morgan fingerprint density at radius 1 is 1.37 bits per heavy atom. The van der Waals surface area contributed by atoms with E-state index in [1.807, 2.05) is 32.0 Å². The van der Waals surface area contributed by atoms with Gasteiger partial charge in [0.2, 0.25) is 0 Å². The summed E-state index contributed by atoms with van der Waals surface area (Å²) in [7, 11) is 0. The molecule has 1 aromatic carbocycles. The molecule has 0 aliphatic carbocycles. The van der Waals surface area contributed by atoms with Crippen LogP contribution < -0.4 is 5.32 Å². The first-order valence-electron chi connectivity index (χ1n) is 6.07. The molecule has 1 heterocycles. The van der Waals surface area contributed by atoms with Crippen LogP contribution in [0.15, 0.2) is 23.3 Å². The van der Waals surface area contributed by atoms with Gasteiger partial charge in [-0.25, -0.2) is 0 Å². The van der Waals surface area contributed by atoms with Gasteiger partial charge in [0.25, 0.3) is 0 Å².